The van der Waals surface area contributed by atoms with Gasteiger partial charge in [-0.1, -0.05) is 19.9 Å². The molecule has 0 spiro atoms. The lowest BCUT2D eigenvalue weighted by molar-refractivity contribution is 0.577. The van der Waals surface area contributed by atoms with Crippen molar-refractivity contribution in [1.82, 2.24) is 19.3 Å². The maximum absolute atomic E-state index is 12.5. The second-order valence-corrected chi connectivity index (χ2v) is 8.72. The van der Waals surface area contributed by atoms with Crippen LogP contribution in [0.25, 0.3) is 10.6 Å². The highest BCUT2D eigenvalue weighted by Crippen LogP contribution is 2.23. The second kappa shape index (κ2) is 7.07. The summed E-state index contributed by atoms with van der Waals surface area (Å²) in [4.78, 5) is 9.64. The fourth-order valence-electron chi connectivity index (χ4n) is 2.51. The molecule has 0 amide bonds. The molecule has 3 heterocycles. The molecule has 3 aromatic heterocycles. The van der Waals surface area contributed by atoms with Crippen molar-refractivity contribution in [2.45, 2.75) is 31.3 Å². The zero-order chi connectivity index (χ0) is 18.0. The first-order valence-electron chi connectivity index (χ1n) is 7.88. The molecule has 3 rings (SSSR count). The zero-order valence-electron chi connectivity index (χ0n) is 14.3. The average Bonchev–Trinajstić information content (AvgIpc) is 3.23. The fourth-order valence-corrected chi connectivity index (χ4v) is 4.22. The summed E-state index contributed by atoms with van der Waals surface area (Å²) < 4.78 is 29.4. The van der Waals surface area contributed by atoms with E-state index in [2.05, 4.69) is 14.7 Å². The van der Waals surface area contributed by atoms with Gasteiger partial charge in [-0.3, -0.25) is 4.98 Å². The van der Waals surface area contributed by atoms with Gasteiger partial charge in [-0.2, -0.15) is 0 Å². The predicted molar refractivity (Wildman–Crippen MR) is 98.9 cm³/mol. The molecule has 25 heavy (non-hydrogen) atoms. The summed E-state index contributed by atoms with van der Waals surface area (Å²) in [6, 6.07) is 7.65. The fraction of sp³-hybridized carbons (Fsp3) is 0.294. The highest BCUT2D eigenvalue weighted by molar-refractivity contribution is 7.89. The van der Waals surface area contributed by atoms with Crippen molar-refractivity contribution < 1.29 is 8.42 Å². The van der Waals surface area contributed by atoms with Gasteiger partial charge < -0.3 is 4.57 Å². The molecule has 0 unspecified atom stereocenters. The SMILES string of the molecule is CC(C)c1nc(S(=O)(=O)NCc2ccnc(-c3cccs3)c2)cn1C. The number of thiophene rings is 1. The molecule has 0 atom stereocenters. The highest BCUT2D eigenvalue weighted by atomic mass is 32.2. The molecule has 132 valence electrons. The Bertz CT molecular complexity index is 960. The van der Waals surface area contributed by atoms with Gasteiger partial charge in [0.25, 0.3) is 10.0 Å². The summed E-state index contributed by atoms with van der Waals surface area (Å²) in [5.74, 6) is 0.895. The largest absolute Gasteiger partial charge is 0.336 e. The third kappa shape index (κ3) is 3.97. The summed E-state index contributed by atoms with van der Waals surface area (Å²) in [7, 11) is -1.86. The van der Waals surface area contributed by atoms with Gasteiger partial charge in [0.1, 0.15) is 5.82 Å². The van der Waals surface area contributed by atoms with Gasteiger partial charge in [-0.05, 0) is 29.1 Å². The molecule has 6 nitrogen and oxygen atoms in total. The molecule has 0 aliphatic carbocycles. The van der Waals surface area contributed by atoms with Crippen LogP contribution in [-0.2, 0) is 23.6 Å². The van der Waals surface area contributed by atoms with E-state index in [1.54, 1.807) is 41.4 Å². The van der Waals surface area contributed by atoms with E-state index < -0.39 is 10.0 Å². The van der Waals surface area contributed by atoms with Crippen LogP contribution in [0, 0.1) is 0 Å². The molecule has 0 aliphatic heterocycles. The van der Waals surface area contributed by atoms with Crippen LogP contribution >= 0.6 is 11.3 Å². The summed E-state index contributed by atoms with van der Waals surface area (Å²) in [6.45, 7) is 4.15. The van der Waals surface area contributed by atoms with Crippen LogP contribution in [0.5, 0.6) is 0 Å². The van der Waals surface area contributed by atoms with E-state index in [9.17, 15) is 8.42 Å². The van der Waals surface area contributed by atoms with Gasteiger partial charge >= 0.3 is 0 Å². The van der Waals surface area contributed by atoms with E-state index >= 15 is 0 Å². The van der Waals surface area contributed by atoms with Gasteiger partial charge in [-0.25, -0.2) is 18.1 Å². The van der Waals surface area contributed by atoms with Gasteiger partial charge in [0.15, 0.2) is 5.03 Å². The Labute approximate surface area is 151 Å². The molecular weight excluding hydrogens is 356 g/mol. The molecule has 0 saturated carbocycles. The minimum Gasteiger partial charge on any atom is -0.336 e. The molecular formula is C17H20N4O2S2. The number of sulfonamides is 1. The Hall–Kier alpha value is -2.03. The molecule has 8 heteroatoms. The first-order chi connectivity index (χ1) is 11.9. The van der Waals surface area contributed by atoms with Crippen molar-refractivity contribution in [1.29, 1.82) is 0 Å². The van der Waals surface area contributed by atoms with Crippen molar-refractivity contribution in [3.05, 3.63) is 53.4 Å². The predicted octanol–water partition coefficient (Wildman–Crippen LogP) is 3.15. The van der Waals surface area contributed by atoms with Crippen LogP contribution in [0.1, 0.15) is 31.2 Å². The van der Waals surface area contributed by atoms with Crippen LogP contribution in [0.3, 0.4) is 0 Å². The van der Waals surface area contributed by atoms with Crippen LogP contribution in [0.15, 0.2) is 47.1 Å². The van der Waals surface area contributed by atoms with Gasteiger partial charge in [0.2, 0.25) is 0 Å². The van der Waals surface area contributed by atoms with Gasteiger partial charge in [0.05, 0.1) is 10.6 Å². The van der Waals surface area contributed by atoms with E-state index in [0.717, 1.165) is 22.0 Å². The Kier molecular flexibility index (Phi) is 5.03. The lowest BCUT2D eigenvalue weighted by Gasteiger charge is -2.06. The lowest BCUT2D eigenvalue weighted by Crippen LogP contribution is -2.23. The van der Waals surface area contributed by atoms with Gasteiger partial charge in [-0.15, -0.1) is 11.3 Å². The summed E-state index contributed by atoms with van der Waals surface area (Å²) in [5.41, 5.74) is 1.69. The topological polar surface area (TPSA) is 76.9 Å². The van der Waals surface area contributed by atoms with E-state index in [0.29, 0.717) is 0 Å². The molecule has 0 radical (unpaired) electrons. The third-order valence-corrected chi connectivity index (χ3v) is 5.91. The normalized spacial score (nSPS) is 12.0. The number of imidazole rings is 1. The first-order valence-corrected chi connectivity index (χ1v) is 10.2. The average molecular weight is 377 g/mol. The number of aromatic nitrogens is 3. The molecule has 1 N–H and O–H groups in total. The van der Waals surface area contributed by atoms with E-state index in [1.807, 2.05) is 37.4 Å². The van der Waals surface area contributed by atoms with Crippen LogP contribution in [-0.4, -0.2) is 23.0 Å². The number of aryl methyl sites for hydroxylation is 1. The summed E-state index contributed by atoms with van der Waals surface area (Å²) >= 11 is 1.60. The lowest BCUT2D eigenvalue weighted by atomic mass is 10.2. The molecule has 0 fully saturated rings. The smallest absolute Gasteiger partial charge is 0.259 e. The Morgan fingerprint density at radius 1 is 1.32 bits per heavy atom. The quantitative estimate of drug-likeness (QED) is 0.717. The summed E-state index contributed by atoms with van der Waals surface area (Å²) in [6.07, 6.45) is 3.23. The number of rotatable bonds is 6. The number of nitrogens with one attached hydrogen (secondary N) is 1. The zero-order valence-corrected chi connectivity index (χ0v) is 15.9. The standard InChI is InChI=1S/C17H20N4O2S2/c1-12(2)17-20-16(11-21(17)3)25(22,23)19-10-13-6-7-18-14(9-13)15-5-4-8-24-15/h4-9,11-12,19H,10H2,1-3H3. The van der Waals surface area contributed by atoms with Crippen molar-refractivity contribution in [3.63, 3.8) is 0 Å². The van der Waals surface area contributed by atoms with Crippen LogP contribution in [0.2, 0.25) is 0 Å². The molecule has 0 saturated heterocycles. The maximum Gasteiger partial charge on any atom is 0.259 e. The first kappa shape index (κ1) is 17.8. The molecule has 3 aromatic rings. The number of pyridine rings is 1. The maximum atomic E-state index is 12.5. The third-order valence-electron chi connectivity index (χ3n) is 3.75. The minimum atomic E-state index is -3.66. The van der Waals surface area contributed by atoms with Crippen molar-refractivity contribution in [2.24, 2.45) is 7.05 Å². The highest BCUT2D eigenvalue weighted by Gasteiger charge is 2.20. The van der Waals surface area contributed by atoms with Crippen LogP contribution < -0.4 is 4.72 Å². The van der Waals surface area contributed by atoms with E-state index in [4.69, 9.17) is 0 Å². The van der Waals surface area contributed by atoms with Crippen molar-refractivity contribution >= 4 is 21.4 Å². The van der Waals surface area contributed by atoms with Crippen molar-refractivity contribution in [3.8, 4) is 10.6 Å². The van der Waals surface area contributed by atoms with E-state index in [1.165, 1.54) is 0 Å². The Morgan fingerprint density at radius 2 is 2.12 bits per heavy atom. The molecule has 0 aliphatic rings. The van der Waals surface area contributed by atoms with E-state index in [-0.39, 0.29) is 17.5 Å². The minimum absolute atomic E-state index is 0.0474. The number of hydrogen-bond donors (Lipinski definition) is 1. The van der Waals surface area contributed by atoms with Crippen molar-refractivity contribution in [2.75, 3.05) is 0 Å². The summed E-state index contributed by atoms with van der Waals surface area (Å²) in [5, 5.41) is 2.03. The molecule has 0 bridgehead atoms. The second-order valence-electron chi connectivity index (χ2n) is 6.05. The Morgan fingerprint density at radius 3 is 2.76 bits per heavy atom. The van der Waals surface area contributed by atoms with Crippen LogP contribution in [0.4, 0.5) is 0 Å². The van der Waals surface area contributed by atoms with Gasteiger partial charge in [0, 0.05) is 31.9 Å². The Balaban J connectivity index is 1.77. The molecule has 0 aromatic carbocycles. The number of hydrogen-bond acceptors (Lipinski definition) is 5. The monoisotopic (exact) mass is 376 g/mol. The number of nitrogens with zero attached hydrogens (tertiary/aromatic N) is 3.